The van der Waals surface area contributed by atoms with Crippen LogP contribution in [0.5, 0.6) is 0 Å². The van der Waals surface area contributed by atoms with Crippen molar-refractivity contribution >= 4 is 11.6 Å². The summed E-state index contributed by atoms with van der Waals surface area (Å²) in [6, 6.07) is 7.95. The van der Waals surface area contributed by atoms with Gasteiger partial charge in [0, 0.05) is 10.6 Å². The van der Waals surface area contributed by atoms with Gasteiger partial charge in [0.1, 0.15) is 5.60 Å². The van der Waals surface area contributed by atoms with Gasteiger partial charge in [0.15, 0.2) is 0 Å². The molecule has 1 fully saturated rings. The zero-order valence-corrected chi connectivity index (χ0v) is 8.47. The average molecular weight is 197 g/mol. The number of hydrogen-bond donors (Lipinski definition) is 0. The summed E-state index contributed by atoms with van der Waals surface area (Å²) in [5.41, 5.74) is 1.10. The molecule has 0 radical (unpaired) electrons. The van der Waals surface area contributed by atoms with Gasteiger partial charge in [0.05, 0.1) is 6.61 Å². The molecule has 1 aliphatic rings. The molecule has 2 heteroatoms. The molecule has 0 aromatic heterocycles. The predicted molar refractivity (Wildman–Crippen MR) is 54.0 cm³/mol. The van der Waals surface area contributed by atoms with Gasteiger partial charge >= 0.3 is 0 Å². The molecule has 1 heterocycles. The molecule has 0 amide bonds. The van der Waals surface area contributed by atoms with Gasteiger partial charge in [-0.15, -0.1) is 0 Å². The lowest BCUT2D eigenvalue weighted by molar-refractivity contribution is 0.291. The second-order valence-electron chi connectivity index (χ2n) is 3.51. The summed E-state index contributed by atoms with van der Waals surface area (Å²) in [5.74, 6) is 0. The molecule has 70 valence electrons. The molecule has 1 saturated heterocycles. The average Bonchev–Trinajstić information content (AvgIpc) is 2.87. The molecule has 13 heavy (non-hydrogen) atoms. The maximum atomic E-state index is 6.10. The molecule has 0 spiro atoms. The second-order valence-corrected chi connectivity index (χ2v) is 3.92. The van der Waals surface area contributed by atoms with Crippen molar-refractivity contribution in [2.45, 2.75) is 25.4 Å². The van der Waals surface area contributed by atoms with E-state index in [4.69, 9.17) is 16.3 Å². The Labute approximate surface area is 83.7 Å². The molecule has 0 N–H and O–H groups in total. The molecular formula is C11H13ClO. The topological polar surface area (TPSA) is 12.5 Å². The van der Waals surface area contributed by atoms with E-state index in [-0.39, 0.29) is 5.60 Å². The fourth-order valence-electron chi connectivity index (χ4n) is 1.76. The van der Waals surface area contributed by atoms with E-state index in [1.54, 1.807) is 0 Å². The van der Waals surface area contributed by atoms with Gasteiger partial charge in [-0.1, -0.05) is 43.1 Å². The maximum Gasteiger partial charge on any atom is 0.118 e. The van der Waals surface area contributed by atoms with Crippen molar-refractivity contribution in [3.05, 3.63) is 34.9 Å². The van der Waals surface area contributed by atoms with Gasteiger partial charge in [0.2, 0.25) is 0 Å². The van der Waals surface area contributed by atoms with Crippen LogP contribution in [0.15, 0.2) is 24.3 Å². The summed E-state index contributed by atoms with van der Waals surface area (Å²) in [6.45, 7) is 2.99. The van der Waals surface area contributed by atoms with Crippen LogP contribution in [-0.2, 0) is 10.3 Å². The first-order valence-corrected chi connectivity index (χ1v) is 5.05. The molecule has 1 aromatic rings. The van der Waals surface area contributed by atoms with Crippen LogP contribution >= 0.6 is 11.6 Å². The van der Waals surface area contributed by atoms with E-state index in [1.807, 2.05) is 18.2 Å². The zero-order valence-electron chi connectivity index (χ0n) is 7.72. The lowest BCUT2D eigenvalue weighted by atomic mass is 9.95. The number of ether oxygens (including phenoxy) is 1. The summed E-state index contributed by atoms with van der Waals surface area (Å²) in [5, 5.41) is 0.827. The van der Waals surface area contributed by atoms with Crippen LogP contribution in [0, 0.1) is 0 Å². The number of rotatable bonds is 3. The molecule has 0 saturated carbocycles. The number of halogens is 1. The Balaban J connectivity index is 2.30. The van der Waals surface area contributed by atoms with Crippen molar-refractivity contribution in [1.82, 2.24) is 0 Å². The number of hydrogen-bond acceptors (Lipinski definition) is 1. The minimum Gasteiger partial charge on any atom is -0.364 e. The van der Waals surface area contributed by atoms with Crippen LogP contribution in [0.2, 0.25) is 5.02 Å². The fraction of sp³-hybridized carbons (Fsp3) is 0.455. The SMILES string of the molecule is CCCC1(c2ccccc2Cl)CO1. The van der Waals surface area contributed by atoms with Gasteiger partial charge in [-0.05, 0) is 12.5 Å². The standard InChI is InChI=1S/C11H13ClO/c1-2-7-11(8-13-11)9-5-3-4-6-10(9)12/h3-6H,2,7-8H2,1H3. The van der Waals surface area contributed by atoms with Crippen molar-refractivity contribution in [3.8, 4) is 0 Å². The molecule has 0 aliphatic carbocycles. The van der Waals surface area contributed by atoms with Gasteiger partial charge in [-0.25, -0.2) is 0 Å². The van der Waals surface area contributed by atoms with Crippen LogP contribution in [0.1, 0.15) is 25.3 Å². The molecule has 1 aromatic carbocycles. The summed E-state index contributed by atoms with van der Waals surface area (Å²) in [4.78, 5) is 0. The maximum absolute atomic E-state index is 6.10. The normalized spacial score (nSPS) is 26.0. The van der Waals surface area contributed by atoms with Crippen LogP contribution in [0.4, 0.5) is 0 Å². The molecular weight excluding hydrogens is 184 g/mol. The Bertz CT molecular complexity index is 305. The molecule has 1 nitrogen and oxygen atoms in total. The molecule has 2 rings (SSSR count). The number of benzene rings is 1. The smallest absolute Gasteiger partial charge is 0.118 e. The molecule has 1 aliphatic heterocycles. The summed E-state index contributed by atoms with van der Waals surface area (Å²) in [6.07, 6.45) is 2.20. The van der Waals surface area contributed by atoms with E-state index in [9.17, 15) is 0 Å². The van der Waals surface area contributed by atoms with E-state index < -0.39 is 0 Å². The van der Waals surface area contributed by atoms with Crippen LogP contribution in [-0.4, -0.2) is 6.61 Å². The quantitative estimate of drug-likeness (QED) is 0.676. The van der Waals surface area contributed by atoms with Crippen LogP contribution in [0.25, 0.3) is 0 Å². The molecule has 0 bridgehead atoms. The van der Waals surface area contributed by atoms with Crippen molar-refractivity contribution in [2.24, 2.45) is 0 Å². The van der Waals surface area contributed by atoms with Gasteiger partial charge in [-0.2, -0.15) is 0 Å². The van der Waals surface area contributed by atoms with Gasteiger partial charge < -0.3 is 4.74 Å². The van der Waals surface area contributed by atoms with Crippen molar-refractivity contribution in [1.29, 1.82) is 0 Å². The Morgan fingerprint density at radius 3 is 2.69 bits per heavy atom. The highest BCUT2D eigenvalue weighted by atomic mass is 35.5. The van der Waals surface area contributed by atoms with E-state index in [0.717, 1.165) is 30.0 Å². The first-order valence-electron chi connectivity index (χ1n) is 4.67. The lowest BCUT2D eigenvalue weighted by Gasteiger charge is -2.12. The minimum absolute atomic E-state index is 0.0485. The zero-order chi connectivity index (χ0) is 9.31. The van der Waals surface area contributed by atoms with E-state index in [1.165, 1.54) is 0 Å². The van der Waals surface area contributed by atoms with E-state index in [2.05, 4.69) is 13.0 Å². The summed E-state index contributed by atoms with van der Waals surface area (Å²) in [7, 11) is 0. The minimum atomic E-state index is -0.0485. The van der Waals surface area contributed by atoms with E-state index >= 15 is 0 Å². The Morgan fingerprint density at radius 1 is 1.46 bits per heavy atom. The van der Waals surface area contributed by atoms with Crippen molar-refractivity contribution in [2.75, 3.05) is 6.61 Å². The third kappa shape index (κ3) is 1.59. The van der Waals surface area contributed by atoms with Crippen LogP contribution < -0.4 is 0 Å². The molecule has 1 atom stereocenters. The van der Waals surface area contributed by atoms with Gasteiger partial charge in [-0.3, -0.25) is 0 Å². The highest BCUT2D eigenvalue weighted by Crippen LogP contribution is 2.45. The molecule has 1 unspecified atom stereocenters. The van der Waals surface area contributed by atoms with Crippen LogP contribution in [0.3, 0.4) is 0 Å². The summed E-state index contributed by atoms with van der Waals surface area (Å²) < 4.78 is 5.52. The summed E-state index contributed by atoms with van der Waals surface area (Å²) >= 11 is 6.10. The van der Waals surface area contributed by atoms with Crippen molar-refractivity contribution in [3.63, 3.8) is 0 Å². The third-order valence-corrected chi connectivity index (χ3v) is 2.84. The van der Waals surface area contributed by atoms with E-state index in [0.29, 0.717) is 0 Å². The highest BCUT2D eigenvalue weighted by molar-refractivity contribution is 6.31. The highest BCUT2D eigenvalue weighted by Gasteiger charge is 2.46. The first-order chi connectivity index (χ1) is 6.28. The third-order valence-electron chi connectivity index (χ3n) is 2.51. The predicted octanol–water partition coefficient (Wildman–Crippen LogP) is 3.37. The second kappa shape index (κ2) is 3.32. The number of epoxide rings is 1. The van der Waals surface area contributed by atoms with Crippen molar-refractivity contribution < 1.29 is 4.74 Å². The Hall–Kier alpha value is -0.530. The largest absolute Gasteiger partial charge is 0.364 e. The van der Waals surface area contributed by atoms with Gasteiger partial charge in [0.25, 0.3) is 0 Å². The Morgan fingerprint density at radius 2 is 2.15 bits per heavy atom. The monoisotopic (exact) mass is 196 g/mol. The first kappa shape index (κ1) is 9.04. The Kier molecular flexibility index (Phi) is 2.31. The fourth-order valence-corrected chi connectivity index (χ4v) is 2.06. The lowest BCUT2D eigenvalue weighted by Crippen LogP contribution is -2.08.